The maximum absolute atomic E-state index is 12.2. The summed E-state index contributed by atoms with van der Waals surface area (Å²) in [7, 11) is -0.0707. The first-order chi connectivity index (χ1) is 9.86. The van der Waals surface area contributed by atoms with Crippen molar-refractivity contribution in [3.63, 3.8) is 0 Å². The molecule has 0 saturated carbocycles. The largest absolute Gasteiger partial charge is 0.490 e. The summed E-state index contributed by atoms with van der Waals surface area (Å²) < 4.78 is 1.45. The summed E-state index contributed by atoms with van der Waals surface area (Å²) >= 11 is 0. The molecule has 0 aliphatic rings. The number of pyridine rings is 2. The van der Waals surface area contributed by atoms with Gasteiger partial charge in [-0.15, -0.1) is 0 Å². The predicted octanol–water partition coefficient (Wildman–Crippen LogP) is -1.64. The molecule has 110 valence electrons. The lowest BCUT2D eigenvalue weighted by molar-refractivity contribution is 0.0695. The van der Waals surface area contributed by atoms with Crippen LogP contribution in [-0.4, -0.2) is 51.5 Å². The first-order valence-corrected chi connectivity index (χ1v) is 6.23. The van der Waals surface area contributed by atoms with Crippen LogP contribution in [0.15, 0.2) is 23.3 Å². The number of nitrogens with zero attached hydrogens (tertiary/aromatic N) is 3. The molecule has 8 nitrogen and oxygen atoms in total. The second-order valence-corrected chi connectivity index (χ2v) is 4.51. The van der Waals surface area contributed by atoms with E-state index in [2.05, 4.69) is 4.98 Å². The van der Waals surface area contributed by atoms with Gasteiger partial charge in [-0.2, -0.15) is 0 Å². The van der Waals surface area contributed by atoms with Gasteiger partial charge in [0.05, 0.1) is 5.39 Å². The summed E-state index contributed by atoms with van der Waals surface area (Å²) in [6, 6.07) is 1.24. The number of rotatable bonds is 4. The Morgan fingerprint density at radius 3 is 2.67 bits per heavy atom. The number of aromatic nitrogens is 2. The van der Waals surface area contributed by atoms with Gasteiger partial charge in [0.2, 0.25) is 5.43 Å². The third-order valence-corrected chi connectivity index (χ3v) is 3.20. The zero-order valence-electron chi connectivity index (χ0n) is 11.5. The van der Waals surface area contributed by atoms with Gasteiger partial charge in [0.25, 0.3) is 0 Å². The normalized spacial score (nSPS) is 10.7. The molecule has 2 heterocycles. The molecule has 0 bridgehead atoms. The third-order valence-electron chi connectivity index (χ3n) is 3.20. The van der Waals surface area contributed by atoms with Crippen molar-refractivity contribution in [1.82, 2.24) is 9.66 Å². The van der Waals surface area contributed by atoms with Crippen molar-refractivity contribution in [2.24, 2.45) is 0 Å². The van der Waals surface area contributed by atoms with E-state index in [1.54, 1.807) is 12.1 Å². The van der Waals surface area contributed by atoms with Crippen LogP contribution in [0.1, 0.15) is 17.3 Å². The Morgan fingerprint density at radius 1 is 1.48 bits per heavy atom. The fourth-order valence-electron chi connectivity index (χ4n) is 1.92. The highest BCUT2D eigenvalue weighted by molar-refractivity contribution is 6.58. The van der Waals surface area contributed by atoms with Crippen LogP contribution in [0.2, 0.25) is 0 Å². The summed E-state index contributed by atoms with van der Waals surface area (Å²) in [5.41, 5.74) is -0.853. The van der Waals surface area contributed by atoms with E-state index in [9.17, 15) is 9.59 Å². The second kappa shape index (κ2) is 5.54. The maximum atomic E-state index is 12.2. The van der Waals surface area contributed by atoms with E-state index in [0.29, 0.717) is 6.54 Å². The van der Waals surface area contributed by atoms with E-state index >= 15 is 0 Å². The number of carbonyl (C=O) groups is 1. The number of hydrogen-bond donors (Lipinski definition) is 3. The quantitative estimate of drug-likeness (QED) is 0.579. The molecular weight excluding hydrogens is 277 g/mol. The molecule has 0 unspecified atom stereocenters. The Bertz CT molecular complexity index is 758. The van der Waals surface area contributed by atoms with Crippen LogP contribution in [0.25, 0.3) is 11.0 Å². The third kappa shape index (κ3) is 2.60. The van der Waals surface area contributed by atoms with Crippen LogP contribution in [0, 0.1) is 0 Å². The smallest absolute Gasteiger partial charge is 0.477 e. The molecule has 3 N–H and O–H groups in total. The predicted molar refractivity (Wildman–Crippen MR) is 77.5 cm³/mol. The van der Waals surface area contributed by atoms with Gasteiger partial charge in [-0.05, 0) is 13.0 Å². The highest BCUT2D eigenvalue weighted by Crippen LogP contribution is 2.09. The average molecular weight is 291 g/mol. The minimum absolute atomic E-state index is 0.0146. The second-order valence-electron chi connectivity index (χ2n) is 4.51. The van der Waals surface area contributed by atoms with Crippen molar-refractivity contribution in [2.75, 3.05) is 18.6 Å². The summed E-state index contributed by atoms with van der Waals surface area (Å²) in [5.74, 6) is -1.35. The van der Waals surface area contributed by atoms with Gasteiger partial charge < -0.3 is 20.2 Å². The molecule has 0 amide bonds. The molecule has 9 heteroatoms. The minimum atomic E-state index is -1.79. The molecule has 2 rings (SSSR count). The van der Waals surface area contributed by atoms with Crippen LogP contribution in [0.5, 0.6) is 0 Å². The summed E-state index contributed by atoms with van der Waals surface area (Å²) in [4.78, 5) is 27.4. The molecule has 0 radical (unpaired) electrons. The Labute approximate surface area is 120 Å². The first-order valence-electron chi connectivity index (χ1n) is 6.23. The van der Waals surface area contributed by atoms with E-state index < -0.39 is 24.1 Å². The highest BCUT2D eigenvalue weighted by Gasteiger charge is 2.19. The molecule has 0 aromatic carbocycles. The number of hydrogen-bond acceptors (Lipinski definition) is 6. The standard InChI is InChI=1S/C12H14BN3O5/c1-3-15(2)16-6-9(12(18)19)10(17)8-4-7(13(20)21)5-14-11(8)16/h4-6,20-21H,3H2,1-2H3,(H,18,19). The first kappa shape index (κ1) is 15.0. The molecule has 2 aromatic heterocycles. The fourth-order valence-corrected chi connectivity index (χ4v) is 1.92. The van der Waals surface area contributed by atoms with E-state index in [1.165, 1.54) is 23.1 Å². The monoisotopic (exact) mass is 291 g/mol. The zero-order chi connectivity index (χ0) is 15.7. The summed E-state index contributed by atoms with van der Waals surface area (Å²) in [5, 5.41) is 29.1. The van der Waals surface area contributed by atoms with Crippen molar-refractivity contribution in [2.45, 2.75) is 6.92 Å². The van der Waals surface area contributed by atoms with Crippen molar-refractivity contribution in [3.05, 3.63) is 34.2 Å². The van der Waals surface area contributed by atoms with Crippen LogP contribution >= 0.6 is 0 Å². The molecule has 0 atom stereocenters. The van der Waals surface area contributed by atoms with Crippen LogP contribution in [0.3, 0.4) is 0 Å². The zero-order valence-corrected chi connectivity index (χ0v) is 11.5. The van der Waals surface area contributed by atoms with Crippen molar-refractivity contribution < 1.29 is 19.9 Å². The molecule has 0 spiro atoms. The summed E-state index contributed by atoms with van der Waals surface area (Å²) in [6.07, 6.45) is 2.44. The molecule has 21 heavy (non-hydrogen) atoms. The molecule has 2 aromatic rings. The van der Waals surface area contributed by atoms with Gasteiger partial charge in [0.1, 0.15) is 5.56 Å². The van der Waals surface area contributed by atoms with Crippen LogP contribution in [0.4, 0.5) is 0 Å². The number of carboxylic acid groups (broad SMARTS) is 1. The van der Waals surface area contributed by atoms with Gasteiger partial charge in [-0.3, -0.25) is 4.79 Å². The number of fused-ring (bicyclic) bond motifs is 1. The lowest BCUT2D eigenvalue weighted by atomic mass is 9.81. The molecular formula is C12H14BN3O5. The average Bonchev–Trinajstić information content (AvgIpc) is 2.46. The van der Waals surface area contributed by atoms with Gasteiger partial charge in [0.15, 0.2) is 5.65 Å². The summed E-state index contributed by atoms with van der Waals surface area (Å²) in [6.45, 7) is 2.42. The van der Waals surface area contributed by atoms with Crippen molar-refractivity contribution in [1.29, 1.82) is 0 Å². The maximum Gasteiger partial charge on any atom is 0.490 e. The molecule has 0 aliphatic heterocycles. The molecule has 0 saturated heterocycles. The van der Waals surface area contributed by atoms with Crippen LogP contribution in [-0.2, 0) is 0 Å². The molecule has 0 fully saturated rings. The fraction of sp³-hybridized carbons (Fsp3) is 0.250. The minimum Gasteiger partial charge on any atom is -0.477 e. The van der Waals surface area contributed by atoms with Gasteiger partial charge >= 0.3 is 13.1 Å². The van der Waals surface area contributed by atoms with E-state index in [4.69, 9.17) is 15.2 Å². The lowest BCUT2D eigenvalue weighted by Crippen LogP contribution is -2.35. The van der Waals surface area contributed by atoms with E-state index in [-0.39, 0.29) is 16.5 Å². The Morgan fingerprint density at radius 2 is 2.14 bits per heavy atom. The number of carboxylic acids is 1. The SMILES string of the molecule is CCN(C)n1cc(C(=O)O)c(=O)c2cc(B(O)O)cnc21. The van der Waals surface area contributed by atoms with Gasteiger partial charge in [-0.1, -0.05) is 0 Å². The topological polar surface area (TPSA) is 116 Å². The van der Waals surface area contributed by atoms with Crippen molar-refractivity contribution >= 4 is 29.6 Å². The lowest BCUT2D eigenvalue weighted by Gasteiger charge is -2.22. The highest BCUT2D eigenvalue weighted by atomic mass is 16.4. The number of aromatic carboxylic acids is 1. The van der Waals surface area contributed by atoms with Gasteiger partial charge in [-0.25, -0.2) is 14.5 Å². The Kier molecular flexibility index (Phi) is 3.96. The van der Waals surface area contributed by atoms with E-state index in [1.807, 2.05) is 6.92 Å². The van der Waals surface area contributed by atoms with Crippen molar-refractivity contribution in [3.8, 4) is 0 Å². The van der Waals surface area contributed by atoms with E-state index in [0.717, 1.165) is 0 Å². The van der Waals surface area contributed by atoms with Crippen LogP contribution < -0.4 is 15.9 Å². The molecule has 0 aliphatic carbocycles. The van der Waals surface area contributed by atoms with Gasteiger partial charge in [0, 0.05) is 31.4 Å². The Hall–Kier alpha value is -2.39. The Balaban J connectivity index is 2.88.